The number of hydrogen-bond donors (Lipinski definition) is 0. The lowest BCUT2D eigenvalue weighted by atomic mass is 9.76. The lowest BCUT2D eigenvalue weighted by Crippen LogP contribution is -2.47. The fraction of sp³-hybridized carbons (Fsp3) is 0.533. The molecule has 7 heteroatoms. The van der Waals surface area contributed by atoms with Gasteiger partial charge in [-0.05, 0) is 49.6 Å². The van der Waals surface area contributed by atoms with Crippen LogP contribution in [0.2, 0.25) is 0 Å². The molecular formula is C30H38N4O3. The summed E-state index contributed by atoms with van der Waals surface area (Å²) in [5.41, 5.74) is 4.08. The van der Waals surface area contributed by atoms with E-state index < -0.39 is 0 Å². The molecule has 0 aromatic heterocycles. The first-order valence-electron chi connectivity index (χ1n) is 13.7. The largest absolute Gasteiger partial charge is 0.486 e. The maximum atomic E-state index is 9.87. The van der Waals surface area contributed by atoms with Gasteiger partial charge in [0.05, 0.1) is 23.0 Å². The Morgan fingerprint density at radius 3 is 2.59 bits per heavy atom. The van der Waals surface area contributed by atoms with Gasteiger partial charge in [-0.15, -0.1) is 0 Å². The van der Waals surface area contributed by atoms with E-state index in [1.54, 1.807) is 7.11 Å². The Labute approximate surface area is 220 Å². The summed E-state index contributed by atoms with van der Waals surface area (Å²) in [7, 11) is 1.65. The summed E-state index contributed by atoms with van der Waals surface area (Å²) in [6.07, 6.45) is 7.00. The van der Waals surface area contributed by atoms with Crippen molar-refractivity contribution in [1.82, 2.24) is 4.90 Å². The third kappa shape index (κ3) is 5.86. The Bertz CT molecular complexity index is 1110. The Hall–Kier alpha value is -3.24. The maximum Gasteiger partial charge on any atom is 0.184 e. The summed E-state index contributed by atoms with van der Waals surface area (Å²) in [5.74, 6) is 2.23. The molecule has 2 heterocycles. The van der Waals surface area contributed by atoms with E-state index in [4.69, 9.17) is 14.3 Å². The molecule has 0 spiro atoms. The Morgan fingerprint density at radius 2 is 1.81 bits per heavy atom. The van der Waals surface area contributed by atoms with Gasteiger partial charge in [0.25, 0.3) is 0 Å². The summed E-state index contributed by atoms with van der Waals surface area (Å²) in [4.78, 5) is 10.3. The van der Waals surface area contributed by atoms with Crippen LogP contribution in [0, 0.1) is 17.2 Å². The molecule has 2 aromatic carbocycles. The maximum absolute atomic E-state index is 9.87. The van der Waals surface area contributed by atoms with E-state index in [1.165, 1.54) is 19.3 Å². The van der Waals surface area contributed by atoms with Gasteiger partial charge in [-0.1, -0.05) is 48.7 Å². The lowest BCUT2D eigenvalue weighted by Gasteiger charge is -2.38. The molecule has 37 heavy (non-hydrogen) atoms. The molecule has 0 radical (unpaired) electrons. The first-order chi connectivity index (χ1) is 18.3. The molecule has 1 saturated carbocycles. The first kappa shape index (κ1) is 25.4. The number of hydrogen-bond acceptors (Lipinski definition) is 7. The second-order valence-corrected chi connectivity index (χ2v) is 10.2. The van der Waals surface area contributed by atoms with Crippen LogP contribution in [0.5, 0.6) is 11.5 Å². The van der Waals surface area contributed by atoms with Crippen LogP contribution in [0.3, 0.4) is 0 Å². The van der Waals surface area contributed by atoms with E-state index in [2.05, 4.69) is 33.2 Å². The van der Waals surface area contributed by atoms with Gasteiger partial charge < -0.3 is 19.2 Å². The van der Waals surface area contributed by atoms with Gasteiger partial charge in [-0.3, -0.25) is 4.90 Å². The predicted octanol–water partition coefficient (Wildman–Crippen LogP) is 5.21. The molecule has 0 amide bonds. The topological polar surface area (TPSA) is 70.3 Å². The van der Waals surface area contributed by atoms with Crippen molar-refractivity contribution < 1.29 is 14.3 Å². The summed E-state index contributed by atoms with van der Waals surface area (Å²) >= 11 is 0. The third-order valence-electron chi connectivity index (χ3n) is 8.03. The number of benzene rings is 2. The van der Waals surface area contributed by atoms with Crippen molar-refractivity contribution in [2.75, 3.05) is 57.9 Å². The van der Waals surface area contributed by atoms with E-state index in [0.29, 0.717) is 19.1 Å². The minimum atomic E-state index is 0.0867. The number of nitriles is 1. The summed E-state index contributed by atoms with van der Waals surface area (Å²) in [6.45, 7) is 6.02. The molecule has 3 aliphatic rings. The zero-order valence-electron chi connectivity index (χ0n) is 21.9. The van der Waals surface area contributed by atoms with Crippen LogP contribution in [0.1, 0.15) is 55.6 Å². The highest BCUT2D eigenvalue weighted by molar-refractivity contribution is 5.93. The number of rotatable bonds is 8. The second kappa shape index (κ2) is 12.3. The van der Waals surface area contributed by atoms with Crippen LogP contribution in [0.4, 0.5) is 5.69 Å². The van der Waals surface area contributed by atoms with E-state index in [9.17, 15) is 5.26 Å². The van der Waals surface area contributed by atoms with Crippen LogP contribution >= 0.6 is 0 Å². The molecule has 196 valence electrons. The van der Waals surface area contributed by atoms with Crippen LogP contribution in [-0.4, -0.2) is 63.7 Å². The molecule has 5 rings (SSSR count). The SMILES string of the molecule is CO/N=C(\C1CCCCC1)C(CCN1CCN(c2cccc3c2OCCO3)CC1)c1ccccc1C#N. The molecule has 7 nitrogen and oxygen atoms in total. The van der Waals surface area contributed by atoms with Crippen molar-refractivity contribution in [3.63, 3.8) is 0 Å². The fourth-order valence-corrected chi connectivity index (χ4v) is 6.12. The van der Waals surface area contributed by atoms with E-state index in [1.807, 2.05) is 30.3 Å². The average molecular weight is 503 g/mol. The molecule has 1 saturated heterocycles. The average Bonchev–Trinajstić information content (AvgIpc) is 2.97. The van der Waals surface area contributed by atoms with Crippen molar-refractivity contribution in [2.45, 2.75) is 44.4 Å². The van der Waals surface area contributed by atoms with Crippen molar-refractivity contribution in [2.24, 2.45) is 11.1 Å². The Balaban J connectivity index is 1.29. The van der Waals surface area contributed by atoms with Crippen molar-refractivity contribution >= 4 is 11.4 Å². The van der Waals surface area contributed by atoms with Gasteiger partial charge in [0.2, 0.25) is 0 Å². The van der Waals surface area contributed by atoms with Gasteiger partial charge in [0.15, 0.2) is 11.5 Å². The van der Waals surface area contributed by atoms with Gasteiger partial charge in [0.1, 0.15) is 20.3 Å². The van der Waals surface area contributed by atoms with Crippen LogP contribution in [0.15, 0.2) is 47.6 Å². The number of ether oxygens (including phenoxy) is 2. The molecule has 2 aromatic rings. The van der Waals surface area contributed by atoms with Crippen LogP contribution in [-0.2, 0) is 4.84 Å². The normalized spacial score (nSPS) is 19.8. The quantitative estimate of drug-likeness (QED) is 0.365. The van der Waals surface area contributed by atoms with Gasteiger partial charge in [-0.25, -0.2) is 0 Å². The Morgan fingerprint density at radius 1 is 1.03 bits per heavy atom. The summed E-state index contributed by atoms with van der Waals surface area (Å²) in [5, 5.41) is 14.5. The molecular weight excluding hydrogens is 464 g/mol. The summed E-state index contributed by atoms with van der Waals surface area (Å²) in [6, 6.07) is 16.6. The van der Waals surface area contributed by atoms with Crippen molar-refractivity contribution in [3.05, 3.63) is 53.6 Å². The molecule has 0 N–H and O–H groups in total. The van der Waals surface area contributed by atoms with Crippen LogP contribution < -0.4 is 14.4 Å². The number of oxime groups is 1. The number of para-hydroxylation sites is 1. The van der Waals surface area contributed by atoms with Gasteiger partial charge in [0, 0.05) is 38.0 Å². The highest BCUT2D eigenvalue weighted by Crippen LogP contribution is 2.40. The van der Waals surface area contributed by atoms with Crippen molar-refractivity contribution in [3.8, 4) is 17.6 Å². The van der Waals surface area contributed by atoms with Gasteiger partial charge >= 0.3 is 0 Å². The summed E-state index contributed by atoms with van der Waals surface area (Å²) < 4.78 is 11.7. The molecule has 1 unspecified atom stereocenters. The van der Waals surface area contributed by atoms with E-state index in [0.717, 1.165) is 86.0 Å². The van der Waals surface area contributed by atoms with Crippen LogP contribution in [0.25, 0.3) is 0 Å². The van der Waals surface area contributed by atoms with E-state index in [-0.39, 0.29) is 5.92 Å². The molecule has 2 fully saturated rings. The molecule has 1 aliphatic carbocycles. The monoisotopic (exact) mass is 502 g/mol. The predicted molar refractivity (Wildman–Crippen MR) is 146 cm³/mol. The highest BCUT2D eigenvalue weighted by atomic mass is 16.6. The molecule has 2 aliphatic heterocycles. The lowest BCUT2D eigenvalue weighted by molar-refractivity contribution is 0.171. The highest BCUT2D eigenvalue weighted by Gasteiger charge is 2.31. The zero-order chi connectivity index (χ0) is 25.5. The number of nitrogens with zero attached hydrogens (tertiary/aromatic N) is 4. The van der Waals surface area contributed by atoms with Gasteiger partial charge in [-0.2, -0.15) is 5.26 Å². The number of fused-ring (bicyclic) bond motifs is 1. The minimum Gasteiger partial charge on any atom is -0.486 e. The second-order valence-electron chi connectivity index (χ2n) is 10.2. The molecule has 0 bridgehead atoms. The smallest absolute Gasteiger partial charge is 0.184 e. The van der Waals surface area contributed by atoms with Crippen molar-refractivity contribution in [1.29, 1.82) is 5.26 Å². The van der Waals surface area contributed by atoms with E-state index >= 15 is 0 Å². The minimum absolute atomic E-state index is 0.0867. The molecule has 1 atom stereocenters. The standard InChI is InChI=1S/C30H38N4O3/c1-35-32-29(23-8-3-2-4-9-23)26(25-11-6-5-10-24(25)22-31)14-15-33-16-18-34(19-17-33)27-12-7-13-28-30(27)37-21-20-36-28/h5-7,10-13,23,26H,2-4,8-9,14-21H2,1H3/b32-29+. The number of anilines is 1. The fourth-order valence-electron chi connectivity index (χ4n) is 6.12. The number of piperazine rings is 1. The Kier molecular flexibility index (Phi) is 8.47. The third-order valence-corrected chi connectivity index (χ3v) is 8.03. The first-order valence-corrected chi connectivity index (χ1v) is 13.7. The zero-order valence-corrected chi connectivity index (χ0v) is 21.9.